The molecule has 0 aliphatic heterocycles. The Morgan fingerprint density at radius 2 is 1.77 bits per heavy atom. The van der Waals surface area contributed by atoms with E-state index in [9.17, 15) is 19.7 Å². The van der Waals surface area contributed by atoms with E-state index in [0.29, 0.717) is 22.1 Å². The SMILES string of the molecule is COc1ccc([N+](=O)[O-])cc1-c1ccc(/C=N\NC(=O)[C@H](Cc2ccccc2)NC(=O)[C@H](C)Oc2ccc(Cl)cc2Cl)o1. The van der Waals surface area contributed by atoms with Crippen LogP contribution in [0.2, 0.25) is 10.0 Å². The zero-order chi connectivity index (χ0) is 30.9. The Hall–Kier alpha value is -4.87. The number of carbonyl (C=O) groups is 2. The van der Waals surface area contributed by atoms with Crippen LogP contribution < -0.4 is 20.2 Å². The lowest BCUT2D eigenvalue weighted by Gasteiger charge is -2.21. The summed E-state index contributed by atoms with van der Waals surface area (Å²) in [6.07, 6.45) is 0.460. The van der Waals surface area contributed by atoms with Crippen molar-refractivity contribution in [3.63, 3.8) is 0 Å². The highest BCUT2D eigenvalue weighted by Gasteiger charge is 2.25. The minimum atomic E-state index is -1.000. The van der Waals surface area contributed by atoms with Gasteiger partial charge in [-0.3, -0.25) is 19.7 Å². The van der Waals surface area contributed by atoms with Gasteiger partial charge in [-0.1, -0.05) is 53.5 Å². The third-order valence-corrected chi connectivity index (χ3v) is 6.67. The molecule has 222 valence electrons. The number of nitrogens with one attached hydrogen (secondary N) is 2. The van der Waals surface area contributed by atoms with Gasteiger partial charge in [0.15, 0.2) is 6.10 Å². The van der Waals surface area contributed by atoms with Gasteiger partial charge in [-0.15, -0.1) is 0 Å². The number of non-ortho nitro benzene ring substituents is 1. The highest BCUT2D eigenvalue weighted by Crippen LogP contribution is 2.34. The van der Waals surface area contributed by atoms with Crippen LogP contribution in [0.4, 0.5) is 5.69 Å². The molecule has 1 heterocycles. The summed E-state index contributed by atoms with van der Waals surface area (Å²) in [5, 5.41) is 18.5. The summed E-state index contributed by atoms with van der Waals surface area (Å²) in [6, 6.07) is 20.1. The smallest absolute Gasteiger partial charge is 0.270 e. The Kier molecular flexibility index (Phi) is 10.4. The Morgan fingerprint density at radius 1 is 1.02 bits per heavy atom. The second-order valence-electron chi connectivity index (χ2n) is 9.16. The van der Waals surface area contributed by atoms with Gasteiger partial charge >= 0.3 is 0 Å². The number of hydrogen-bond acceptors (Lipinski definition) is 8. The Balaban J connectivity index is 1.45. The molecule has 11 nitrogen and oxygen atoms in total. The van der Waals surface area contributed by atoms with Crippen molar-refractivity contribution in [1.82, 2.24) is 10.7 Å². The fourth-order valence-electron chi connectivity index (χ4n) is 3.97. The molecule has 0 saturated heterocycles. The van der Waals surface area contributed by atoms with Crippen LogP contribution in [-0.4, -0.2) is 42.2 Å². The van der Waals surface area contributed by atoms with Gasteiger partial charge in [-0.05, 0) is 48.9 Å². The summed E-state index contributed by atoms with van der Waals surface area (Å²) >= 11 is 12.1. The lowest BCUT2D eigenvalue weighted by atomic mass is 10.1. The largest absolute Gasteiger partial charge is 0.496 e. The van der Waals surface area contributed by atoms with Gasteiger partial charge in [0.2, 0.25) is 0 Å². The maximum absolute atomic E-state index is 13.1. The summed E-state index contributed by atoms with van der Waals surface area (Å²) < 4.78 is 16.7. The molecule has 1 aromatic heterocycles. The quantitative estimate of drug-likeness (QED) is 0.115. The fourth-order valence-corrected chi connectivity index (χ4v) is 4.42. The Morgan fingerprint density at radius 3 is 2.47 bits per heavy atom. The van der Waals surface area contributed by atoms with Crippen molar-refractivity contribution in [2.75, 3.05) is 7.11 Å². The number of benzene rings is 3. The average Bonchev–Trinajstić information content (AvgIpc) is 3.47. The lowest BCUT2D eigenvalue weighted by Crippen LogP contribution is -2.50. The minimum Gasteiger partial charge on any atom is -0.496 e. The molecule has 0 bridgehead atoms. The van der Waals surface area contributed by atoms with E-state index < -0.39 is 28.9 Å². The molecule has 0 aliphatic rings. The molecule has 3 aromatic carbocycles. The number of nitrogens with zero attached hydrogens (tertiary/aromatic N) is 2. The van der Waals surface area contributed by atoms with E-state index in [1.807, 2.05) is 30.3 Å². The van der Waals surface area contributed by atoms with Crippen LogP contribution in [0, 0.1) is 10.1 Å². The topological polar surface area (TPSA) is 145 Å². The Labute approximate surface area is 256 Å². The van der Waals surface area contributed by atoms with Crippen molar-refractivity contribution in [3.8, 4) is 22.8 Å². The van der Waals surface area contributed by atoms with Crippen molar-refractivity contribution in [2.45, 2.75) is 25.5 Å². The van der Waals surface area contributed by atoms with Gasteiger partial charge in [0.05, 0.1) is 28.8 Å². The van der Waals surface area contributed by atoms with Crippen molar-refractivity contribution < 1.29 is 28.4 Å². The first-order valence-corrected chi connectivity index (χ1v) is 13.6. The van der Waals surface area contributed by atoms with Crippen LogP contribution in [-0.2, 0) is 16.0 Å². The van der Waals surface area contributed by atoms with Crippen molar-refractivity contribution in [3.05, 3.63) is 110 Å². The van der Waals surface area contributed by atoms with Crippen molar-refractivity contribution in [1.29, 1.82) is 0 Å². The van der Waals surface area contributed by atoms with E-state index in [0.717, 1.165) is 5.56 Å². The molecule has 43 heavy (non-hydrogen) atoms. The zero-order valence-corrected chi connectivity index (χ0v) is 24.5. The van der Waals surface area contributed by atoms with Crippen LogP contribution in [0.5, 0.6) is 11.5 Å². The normalized spacial score (nSPS) is 12.4. The van der Waals surface area contributed by atoms with Gasteiger partial charge in [0.25, 0.3) is 17.5 Å². The fraction of sp³-hybridized carbons (Fsp3) is 0.167. The van der Waals surface area contributed by atoms with Gasteiger partial charge in [0.1, 0.15) is 29.1 Å². The van der Waals surface area contributed by atoms with E-state index in [2.05, 4.69) is 15.8 Å². The number of furan rings is 1. The third kappa shape index (κ3) is 8.34. The highest BCUT2D eigenvalue weighted by atomic mass is 35.5. The van der Waals surface area contributed by atoms with Crippen LogP contribution >= 0.6 is 23.2 Å². The van der Waals surface area contributed by atoms with Crippen LogP contribution in [0.25, 0.3) is 11.3 Å². The van der Waals surface area contributed by atoms with Gasteiger partial charge < -0.3 is 19.2 Å². The molecule has 2 amide bonds. The average molecular weight is 625 g/mol. The molecule has 4 aromatic rings. The lowest BCUT2D eigenvalue weighted by molar-refractivity contribution is -0.384. The van der Waals surface area contributed by atoms with E-state index in [1.165, 1.54) is 44.5 Å². The number of amides is 2. The molecule has 2 atom stereocenters. The van der Waals surface area contributed by atoms with Gasteiger partial charge in [-0.2, -0.15) is 5.10 Å². The first kappa shape index (κ1) is 31.1. The maximum atomic E-state index is 13.1. The number of rotatable bonds is 12. The van der Waals surface area contributed by atoms with E-state index in [1.54, 1.807) is 24.3 Å². The molecule has 13 heteroatoms. The van der Waals surface area contributed by atoms with E-state index >= 15 is 0 Å². The second kappa shape index (κ2) is 14.3. The number of carbonyl (C=O) groups excluding carboxylic acids is 2. The number of hydrazone groups is 1. The highest BCUT2D eigenvalue weighted by molar-refractivity contribution is 6.35. The number of nitro groups is 1. The molecule has 0 radical (unpaired) electrons. The van der Waals surface area contributed by atoms with E-state index in [-0.39, 0.29) is 28.6 Å². The third-order valence-electron chi connectivity index (χ3n) is 6.14. The van der Waals surface area contributed by atoms with E-state index in [4.69, 9.17) is 37.1 Å². The molecule has 0 unspecified atom stereocenters. The number of ether oxygens (including phenoxy) is 2. The summed E-state index contributed by atoms with van der Waals surface area (Å²) in [5.74, 6) is 0.0763. The number of methoxy groups -OCH3 is 1. The number of halogens is 2. The molecular formula is C30H26Cl2N4O7. The predicted molar refractivity (Wildman–Crippen MR) is 162 cm³/mol. The monoisotopic (exact) mass is 624 g/mol. The summed E-state index contributed by atoms with van der Waals surface area (Å²) in [4.78, 5) is 36.8. The van der Waals surface area contributed by atoms with Gasteiger partial charge in [0, 0.05) is 23.6 Å². The molecule has 0 saturated carbocycles. The molecule has 2 N–H and O–H groups in total. The van der Waals surface area contributed by atoms with Crippen LogP contribution in [0.3, 0.4) is 0 Å². The molecular weight excluding hydrogens is 599 g/mol. The number of hydrogen-bond donors (Lipinski definition) is 2. The minimum absolute atomic E-state index is 0.128. The Bertz CT molecular complexity index is 1640. The molecule has 0 spiro atoms. The summed E-state index contributed by atoms with van der Waals surface area (Å²) in [7, 11) is 1.44. The van der Waals surface area contributed by atoms with Crippen molar-refractivity contribution in [2.24, 2.45) is 5.10 Å². The van der Waals surface area contributed by atoms with Crippen LogP contribution in [0.15, 0.2) is 88.4 Å². The molecule has 0 fully saturated rings. The van der Waals surface area contributed by atoms with Crippen LogP contribution in [0.1, 0.15) is 18.2 Å². The zero-order valence-electron chi connectivity index (χ0n) is 23.0. The van der Waals surface area contributed by atoms with Gasteiger partial charge in [-0.25, -0.2) is 5.43 Å². The van der Waals surface area contributed by atoms with Crippen molar-refractivity contribution >= 4 is 46.9 Å². The summed E-state index contributed by atoms with van der Waals surface area (Å²) in [5.41, 5.74) is 3.48. The first-order chi connectivity index (χ1) is 20.6. The number of nitro benzene ring substituents is 1. The second-order valence-corrected chi connectivity index (χ2v) is 10.0. The predicted octanol–water partition coefficient (Wildman–Crippen LogP) is 5.82. The maximum Gasteiger partial charge on any atom is 0.270 e. The first-order valence-electron chi connectivity index (χ1n) is 12.9. The standard InChI is InChI=1S/C30H26Cl2N4O7/c1-18(42-28-11-8-20(31)15-24(28)32)29(37)34-25(14-19-6-4-3-5-7-19)30(38)35-33-17-22-10-13-27(43-22)23-16-21(36(39)40)9-12-26(23)41-2/h3-13,15-18,25H,14H2,1-2H3,(H,34,37)(H,35,38)/b33-17-/t18-,25-/m0/s1. The summed E-state index contributed by atoms with van der Waals surface area (Å²) in [6.45, 7) is 1.53. The molecule has 4 rings (SSSR count). The molecule has 0 aliphatic carbocycles.